The molecule has 0 aliphatic heterocycles. The highest BCUT2D eigenvalue weighted by Gasteiger charge is 2.14. The Morgan fingerprint density at radius 1 is 1.06 bits per heavy atom. The molecule has 0 saturated heterocycles. The summed E-state index contributed by atoms with van der Waals surface area (Å²) >= 11 is 0. The largest absolute Gasteiger partial charge is 0.312 e. The third kappa shape index (κ3) is 2.37. The zero-order chi connectivity index (χ0) is 13.0. The van der Waals surface area contributed by atoms with Gasteiger partial charge in [-0.15, -0.1) is 0 Å². The average molecular weight is 241 g/mol. The molecule has 0 aliphatic carbocycles. The van der Waals surface area contributed by atoms with Crippen LogP contribution in [0.25, 0.3) is 10.8 Å². The second-order valence-electron chi connectivity index (χ2n) is 4.39. The van der Waals surface area contributed by atoms with Gasteiger partial charge in [-0.1, -0.05) is 43.3 Å². The topological polar surface area (TPSA) is 20.3 Å². The number of hydrogen-bond acceptors (Lipinski definition) is 1. The van der Waals surface area contributed by atoms with Crippen LogP contribution in [0.4, 0.5) is 5.69 Å². The van der Waals surface area contributed by atoms with Gasteiger partial charge in [0, 0.05) is 18.4 Å². The molecule has 2 rings (SSSR count). The lowest BCUT2D eigenvalue weighted by atomic mass is 10.1. The molecule has 0 radical (unpaired) electrons. The molecule has 0 atom stereocenters. The van der Waals surface area contributed by atoms with E-state index in [1.54, 1.807) is 0 Å². The van der Waals surface area contributed by atoms with E-state index in [0.29, 0.717) is 13.0 Å². The lowest BCUT2D eigenvalue weighted by Gasteiger charge is -2.22. The Hall–Kier alpha value is -1.83. The van der Waals surface area contributed by atoms with Crippen LogP contribution in [0.15, 0.2) is 42.5 Å². The van der Waals surface area contributed by atoms with E-state index in [2.05, 4.69) is 18.2 Å². The number of fused-ring (bicyclic) bond motifs is 1. The smallest absolute Gasteiger partial charge is 0.226 e. The van der Waals surface area contributed by atoms with Gasteiger partial charge in [-0.25, -0.2) is 0 Å². The Kier molecular flexibility index (Phi) is 3.98. The third-order valence-corrected chi connectivity index (χ3v) is 3.14. The molecule has 0 aromatic heterocycles. The number of anilines is 1. The fraction of sp³-hybridized carbons (Fsp3) is 0.312. The summed E-state index contributed by atoms with van der Waals surface area (Å²) in [6, 6.07) is 14.3. The number of hydrogen-bond donors (Lipinski definition) is 0. The van der Waals surface area contributed by atoms with Crippen molar-refractivity contribution in [2.24, 2.45) is 0 Å². The molecule has 0 heterocycles. The average Bonchev–Trinajstić information content (AvgIpc) is 2.40. The molecule has 0 saturated carbocycles. The van der Waals surface area contributed by atoms with Gasteiger partial charge < -0.3 is 4.90 Å². The Morgan fingerprint density at radius 2 is 1.78 bits per heavy atom. The number of benzene rings is 2. The van der Waals surface area contributed by atoms with Crippen LogP contribution in [-0.4, -0.2) is 12.5 Å². The minimum atomic E-state index is 0.205. The van der Waals surface area contributed by atoms with Gasteiger partial charge in [0.25, 0.3) is 0 Å². The first-order chi connectivity index (χ1) is 8.77. The van der Waals surface area contributed by atoms with Crippen molar-refractivity contribution < 1.29 is 4.79 Å². The SMILES string of the molecule is CCCC(=O)N(CC)c1cccc2ccccc12. The van der Waals surface area contributed by atoms with E-state index in [1.165, 1.54) is 5.39 Å². The van der Waals surface area contributed by atoms with E-state index in [-0.39, 0.29) is 5.91 Å². The molecular formula is C16H19NO. The van der Waals surface area contributed by atoms with Crippen molar-refractivity contribution in [2.45, 2.75) is 26.7 Å². The first-order valence-electron chi connectivity index (χ1n) is 6.56. The molecule has 0 N–H and O–H groups in total. The summed E-state index contributed by atoms with van der Waals surface area (Å²) < 4.78 is 0. The first kappa shape index (κ1) is 12.6. The van der Waals surface area contributed by atoms with Crippen LogP contribution in [0.1, 0.15) is 26.7 Å². The Bertz CT molecular complexity index is 542. The first-order valence-corrected chi connectivity index (χ1v) is 6.56. The monoisotopic (exact) mass is 241 g/mol. The molecule has 0 aliphatic rings. The number of rotatable bonds is 4. The molecule has 2 aromatic carbocycles. The summed E-state index contributed by atoms with van der Waals surface area (Å²) in [5.74, 6) is 0.205. The lowest BCUT2D eigenvalue weighted by Crippen LogP contribution is -2.30. The minimum Gasteiger partial charge on any atom is -0.312 e. The predicted molar refractivity (Wildman–Crippen MR) is 76.9 cm³/mol. The molecule has 0 bridgehead atoms. The molecular weight excluding hydrogens is 222 g/mol. The number of nitrogens with zero attached hydrogens (tertiary/aromatic N) is 1. The van der Waals surface area contributed by atoms with Crippen LogP contribution in [0.5, 0.6) is 0 Å². The summed E-state index contributed by atoms with van der Waals surface area (Å²) in [6.45, 7) is 4.77. The van der Waals surface area contributed by atoms with E-state index >= 15 is 0 Å². The molecule has 2 nitrogen and oxygen atoms in total. The van der Waals surface area contributed by atoms with Gasteiger partial charge >= 0.3 is 0 Å². The van der Waals surface area contributed by atoms with E-state index in [0.717, 1.165) is 17.5 Å². The van der Waals surface area contributed by atoms with Crippen LogP contribution in [-0.2, 0) is 4.79 Å². The van der Waals surface area contributed by atoms with Gasteiger partial charge in [-0.2, -0.15) is 0 Å². The quantitative estimate of drug-likeness (QED) is 0.792. The Balaban J connectivity index is 2.48. The summed E-state index contributed by atoms with van der Waals surface area (Å²) in [5.41, 5.74) is 1.02. The van der Waals surface area contributed by atoms with Crippen LogP contribution in [0.3, 0.4) is 0 Å². The van der Waals surface area contributed by atoms with Crippen molar-refractivity contribution in [2.75, 3.05) is 11.4 Å². The predicted octanol–water partition coefficient (Wildman–Crippen LogP) is 3.99. The van der Waals surface area contributed by atoms with E-state index in [1.807, 2.05) is 43.0 Å². The maximum absolute atomic E-state index is 12.1. The molecule has 0 spiro atoms. The van der Waals surface area contributed by atoms with E-state index in [4.69, 9.17) is 0 Å². The van der Waals surface area contributed by atoms with Gasteiger partial charge in [-0.3, -0.25) is 4.79 Å². The molecule has 0 fully saturated rings. The summed E-state index contributed by atoms with van der Waals surface area (Å²) in [7, 11) is 0. The Labute approximate surface area is 108 Å². The highest BCUT2D eigenvalue weighted by atomic mass is 16.2. The van der Waals surface area contributed by atoms with E-state index in [9.17, 15) is 4.79 Å². The van der Waals surface area contributed by atoms with Crippen molar-refractivity contribution in [3.63, 3.8) is 0 Å². The maximum atomic E-state index is 12.1. The van der Waals surface area contributed by atoms with Gasteiger partial charge in [0.1, 0.15) is 0 Å². The molecule has 94 valence electrons. The molecule has 18 heavy (non-hydrogen) atoms. The second-order valence-corrected chi connectivity index (χ2v) is 4.39. The normalized spacial score (nSPS) is 10.6. The number of amides is 1. The highest BCUT2D eigenvalue weighted by molar-refractivity contribution is 6.03. The van der Waals surface area contributed by atoms with Crippen molar-refractivity contribution in [1.29, 1.82) is 0 Å². The van der Waals surface area contributed by atoms with Gasteiger partial charge in [0.15, 0.2) is 0 Å². The zero-order valence-electron chi connectivity index (χ0n) is 11.0. The fourth-order valence-corrected chi connectivity index (χ4v) is 2.27. The molecule has 2 heteroatoms. The number of carbonyl (C=O) groups is 1. The summed E-state index contributed by atoms with van der Waals surface area (Å²) in [6.07, 6.45) is 1.50. The van der Waals surface area contributed by atoms with Crippen molar-refractivity contribution in [3.05, 3.63) is 42.5 Å². The summed E-state index contributed by atoms with van der Waals surface area (Å²) in [5, 5.41) is 2.32. The van der Waals surface area contributed by atoms with Crippen LogP contribution in [0.2, 0.25) is 0 Å². The Morgan fingerprint density at radius 3 is 2.50 bits per heavy atom. The van der Waals surface area contributed by atoms with Gasteiger partial charge in [0.05, 0.1) is 5.69 Å². The number of carbonyl (C=O) groups excluding carboxylic acids is 1. The molecule has 2 aromatic rings. The molecule has 1 amide bonds. The van der Waals surface area contributed by atoms with Crippen LogP contribution in [0, 0.1) is 0 Å². The molecule has 0 unspecified atom stereocenters. The van der Waals surface area contributed by atoms with Gasteiger partial charge in [0.2, 0.25) is 5.91 Å². The second kappa shape index (κ2) is 5.67. The summed E-state index contributed by atoms with van der Waals surface area (Å²) in [4.78, 5) is 14.0. The van der Waals surface area contributed by atoms with Crippen molar-refractivity contribution in [1.82, 2.24) is 0 Å². The standard InChI is InChI=1S/C16H19NO/c1-3-8-16(18)17(4-2)15-12-7-10-13-9-5-6-11-14(13)15/h5-7,9-12H,3-4,8H2,1-2H3. The van der Waals surface area contributed by atoms with Crippen LogP contribution < -0.4 is 4.90 Å². The van der Waals surface area contributed by atoms with Crippen molar-refractivity contribution >= 4 is 22.4 Å². The fourth-order valence-electron chi connectivity index (χ4n) is 2.27. The van der Waals surface area contributed by atoms with Crippen molar-refractivity contribution in [3.8, 4) is 0 Å². The maximum Gasteiger partial charge on any atom is 0.226 e. The lowest BCUT2D eigenvalue weighted by molar-refractivity contribution is -0.118. The highest BCUT2D eigenvalue weighted by Crippen LogP contribution is 2.27. The minimum absolute atomic E-state index is 0.205. The third-order valence-electron chi connectivity index (χ3n) is 3.14. The van der Waals surface area contributed by atoms with Crippen LogP contribution >= 0.6 is 0 Å². The van der Waals surface area contributed by atoms with E-state index < -0.39 is 0 Å². The van der Waals surface area contributed by atoms with Gasteiger partial charge in [-0.05, 0) is 24.8 Å². The zero-order valence-corrected chi connectivity index (χ0v) is 11.0.